The van der Waals surface area contributed by atoms with Gasteiger partial charge in [0.25, 0.3) is 0 Å². The van der Waals surface area contributed by atoms with E-state index in [4.69, 9.17) is 25.8 Å². The third kappa shape index (κ3) is 3.51. The Morgan fingerprint density at radius 2 is 1.75 bits per heavy atom. The van der Waals surface area contributed by atoms with Crippen molar-refractivity contribution in [3.63, 3.8) is 0 Å². The van der Waals surface area contributed by atoms with Crippen LogP contribution in [0.25, 0.3) is 0 Å². The third-order valence-corrected chi connectivity index (χ3v) is 4.49. The van der Waals surface area contributed by atoms with Crippen LogP contribution in [0.2, 0.25) is 5.02 Å². The number of rotatable bonds is 5. The second-order valence-corrected chi connectivity index (χ2v) is 6.03. The summed E-state index contributed by atoms with van der Waals surface area (Å²) >= 11 is 6.23. The summed E-state index contributed by atoms with van der Waals surface area (Å²) in [6, 6.07) is 7.60. The predicted molar refractivity (Wildman–Crippen MR) is 94.7 cm³/mol. The minimum atomic E-state index is 0.118. The summed E-state index contributed by atoms with van der Waals surface area (Å²) in [7, 11) is 3.27. The molecule has 2 aromatic rings. The van der Waals surface area contributed by atoms with Crippen molar-refractivity contribution in [1.82, 2.24) is 4.98 Å². The Hall–Kier alpha value is -2.14. The molecule has 1 aromatic heterocycles. The highest BCUT2D eigenvalue weighted by Gasteiger charge is 2.24. The number of hydrogen-bond donors (Lipinski definition) is 0. The average Bonchev–Trinajstić information content (AvgIpc) is 2.63. The van der Waals surface area contributed by atoms with Crippen LogP contribution in [0.1, 0.15) is 12.8 Å². The van der Waals surface area contributed by atoms with Crippen molar-refractivity contribution in [1.29, 1.82) is 0 Å². The van der Waals surface area contributed by atoms with Crippen molar-refractivity contribution in [3.8, 4) is 17.2 Å². The lowest BCUT2D eigenvalue weighted by molar-refractivity contribution is 0.158. The van der Waals surface area contributed by atoms with Crippen LogP contribution in [0.15, 0.2) is 36.7 Å². The first-order chi connectivity index (χ1) is 11.7. The summed E-state index contributed by atoms with van der Waals surface area (Å²) in [4.78, 5) is 6.30. The maximum Gasteiger partial charge on any atom is 0.203 e. The van der Waals surface area contributed by atoms with Crippen LogP contribution in [-0.4, -0.2) is 38.4 Å². The second-order valence-electron chi connectivity index (χ2n) is 5.62. The predicted octanol–water partition coefficient (Wildman–Crippen LogP) is 3.80. The summed E-state index contributed by atoms with van der Waals surface area (Å²) in [6.07, 6.45) is 5.37. The molecule has 1 aliphatic heterocycles. The number of aromatic nitrogens is 1. The van der Waals surface area contributed by atoms with E-state index in [1.807, 2.05) is 24.3 Å². The van der Waals surface area contributed by atoms with Crippen LogP contribution in [0, 0.1) is 0 Å². The van der Waals surface area contributed by atoms with E-state index in [1.54, 1.807) is 26.6 Å². The highest BCUT2D eigenvalue weighted by molar-refractivity contribution is 6.33. The molecule has 5 nitrogen and oxygen atoms in total. The van der Waals surface area contributed by atoms with Crippen LogP contribution < -0.4 is 19.1 Å². The molecule has 0 saturated carbocycles. The molecule has 3 rings (SSSR count). The lowest BCUT2D eigenvalue weighted by Gasteiger charge is -2.34. The molecule has 0 unspecified atom stereocenters. The lowest BCUT2D eigenvalue weighted by atomic mass is 10.1. The number of halogens is 1. The van der Waals surface area contributed by atoms with Gasteiger partial charge < -0.3 is 19.1 Å². The van der Waals surface area contributed by atoms with Crippen LogP contribution in [0.5, 0.6) is 17.2 Å². The number of piperidine rings is 1. The molecule has 24 heavy (non-hydrogen) atoms. The zero-order valence-electron chi connectivity index (χ0n) is 13.9. The molecule has 0 atom stereocenters. The number of benzene rings is 1. The number of methoxy groups -OCH3 is 2. The highest BCUT2D eigenvalue weighted by Crippen LogP contribution is 2.38. The van der Waals surface area contributed by atoms with Gasteiger partial charge in [-0.25, -0.2) is 0 Å². The molecule has 6 heteroatoms. The van der Waals surface area contributed by atoms with Gasteiger partial charge in [-0.2, -0.15) is 0 Å². The van der Waals surface area contributed by atoms with Crippen molar-refractivity contribution < 1.29 is 14.2 Å². The Balaban J connectivity index is 1.67. The van der Waals surface area contributed by atoms with E-state index < -0.39 is 0 Å². The van der Waals surface area contributed by atoms with Gasteiger partial charge in [0.15, 0.2) is 11.5 Å². The van der Waals surface area contributed by atoms with Crippen LogP contribution >= 0.6 is 11.6 Å². The first kappa shape index (κ1) is 16.7. The summed E-state index contributed by atoms with van der Waals surface area (Å²) < 4.78 is 17.0. The van der Waals surface area contributed by atoms with Gasteiger partial charge in [0.1, 0.15) is 6.10 Å². The molecule has 0 N–H and O–H groups in total. The monoisotopic (exact) mass is 348 g/mol. The van der Waals surface area contributed by atoms with Crippen molar-refractivity contribution in [3.05, 3.63) is 41.7 Å². The van der Waals surface area contributed by atoms with Gasteiger partial charge in [0.05, 0.1) is 24.9 Å². The fraction of sp³-hybridized carbons (Fsp3) is 0.389. The first-order valence-corrected chi connectivity index (χ1v) is 8.33. The summed E-state index contributed by atoms with van der Waals surface area (Å²) in [5.41, 5.74) is 1.03. The largest absolute Gasteiger partial charge is 0.493 e. The fourth-order valence-corrected chi connectivity index (χ4v) is 3.18. The van der Waals surface area contributed by atoms with E-state index in [0.717, 1.165) is 31.6 Å². The lowest BCUT2D eigenvalue weighted by Crippen LogP contribution is -2.38. The van der Waals surface area contributed by atoms with Crippen molar-refractivity contribution in [2.24, 2.45) is 0 Å². The van der Waals surface area contributed by atoms with Gasteiger partial charge in [-0.1, -0.05) is 17.7 Å². The van der Waals surface area contributed by atoms with Crippen molar-refractivity contribution in [2.75, 3.05) is 32.2 Å². The molecule has 1 fully saturated rings. The molecular formula is C18H21ClN2O3. The Morgan fingerprint density at radius 1 is 1.08 bits per heavy atom. The smallest absolute Gasteiger partial charge is 0.203 e. The number of anilines is 1. The maximum atomic E-state index is 6.23. The quantitative estimate of drug-likeness (QED) is 0.822. The molecule has 128 valence electrons. The van der Waals surface area contributed by atoms with Crippen LogP contribution in [0.4, 0.5) is 5.69 Å². The first-order valence-electron chi connectivity index (χ1n) is 7.95. The molecule has 0 aliphatic carbocycles. The zero-order valence-corrected chi connectivity index (χ0v) is 14.6. The molecule has 0 bridgehead atoms. The Labute approximate surface area is 147 Å². The highest BCUT2D eigenvalue weighted by atomic mass is 35.5. The summed E-state index contributed by atoms with van der Waals surface area (Å²) in [5.74, 6) is 2.05. The van der Waals surface area contributed by atoms with Gasteiger partial charge in [0.2, 0.25) is 5.75 Å². The molecule has 0 radical (unpaired) electrons. The standard InChI is InChI=1S/C18H21ClN2O3/c1-22-16-4-3-5-17(23-2)18(16)24-13-7-10-21(11-8-13)15-6-9-20-12-14(15)19/h3-6,9,12-13H,7-8,10-11H2,1-2H3. The van der Waals surface area contributed by atoms with E-state index in [2.05, 4.69) is 9.88 Å². The molecule has 0 amide bonds. The molecule has 1 aliphatic rings. The van der Waals surface area contributed by atoms with Gasteiger partial charge in [-0.05, 0) is 18.2 Å². The minimum absolute atomic E-state index is 0.118. The topological polar surface area (TPSA) is 43.8 Å². The third-order valence-electron chi connectivity index (χ3n) is 4.20. The number of pyridine rings is 1. The molecule has 1 saturated heterocycles. The summed E-state index contributed by atoms with van der Waals surface area (Å²) in [5, 5.41) is 0.684. The maximum absolute atomic E-state index is 6.23. The number of ether oxygens (including phenoxy) is 3. The minimum Gasteiger partial charge on any atom is -0.493 e. The van der Waals surface area contributed by atoms with E-state index in [-0.39, 0.29) is 6.10 Å². The zero-order chi connectivity index (χ0) is 16.9. The number of hydrogen-bond acceptors (Lipinski definition) is 5. The normalized spacial score (nSPS) is 15.2. The summed E-state index contributed by atoms with van der Waals surface area (Å²) in [6.45, 7) is 1.76. The van der Waals surface area contributed by atoms with Gasteiger partial charge in [-0.15, -0.1) is 0 Å². The van der Waals surface area contributed by atoms with Crippen molar-refractivity contribution in [2.45, 2.75) is 18.9 Å². The van der Waals surface area contributed by atoms with E-state index >= 15 is 0 Å². The second kappa shape index (κ2) is 7.62. The van der Waals surface area contributed by atoms with Gasteiger partial charge >= 0.3 is 0 Å². The average molecular weight is 349 g/mol. The van der Waals surface area contributed by atoms with Crippen LogP contribution in [-0.2, 0) is 0 Å². The van der Waals surface area contributed by atoms with Crippen LogP contribution in [0.3, 0.4) is 0 Å². The molecule has 0 spiro atoms. The number of nitrogens with zero attached hydrogens (tertiary/aromatic N) is 2. The Kier molecular flexibility index (Phi) is 5.30. The number of para-hydroxylation sites is 1. The van der Waals surface area contributed by atoms with Gasteiger partial charge in [-0.3, -0.25) is 4.98 Å². The molecule has 2 heterocycles. The van der Waals surface area contributed by atoms with Gasteiger partial charge in [0, 0.05) is 38.3 Å². The Morgan fingerprint density at radius 3 is 2.33 bits per heavy atom. The molecule has 1 aromatic carbocycles. The van der Waals surface area contributed by atoms with E-state index in [9.17, 15) is 0 Å². The SMILES string of the molecule is COc1cccc(OC)c1OC1CCN(c2ccncc2Cl)CC1. The fourth-order valence-electron chi connectivity index (χ4n) is 2.94. The van der Waals surface area contributed by atoms with Crippen molar-refractivity contribution >= 4 is 17.3 Å². The van der Waals surface area contributed by atoms with E-state index in [1.165, 1.54) is 0 Å². The Bertz CT molecular complexity index is 665. The molecular weight excluding hydrogens is 328 g/mol. The van der Waals surface area contributed by atoms with E-state index in [0.29, 0.717) is 22.3 Å².